The fourth-order valence-electron chi connectivity index (χ4n) is 5.40. The topological polar surface area (TPSA) is 77.8 Å². The number of halogens is 1. The van der Waals surface area contributed by atoms with E-state index in [4.69, 9.17) is 12.2 Å². The predicted molar refractivity (Wildman–Crippen MR) is 129 cm³/mol. The Hall–Kier alpha value is -2.94. The zero-order valence-corrected chi connectivity index (χ0v) is 19.3. The van der Waals surface area contributed by atoms with Gasteiger partial charge in [0, 0.05) is 50.3 Å². The van der Waals surface area contributed by atoms with Crippen molar-refractivity contribution in [1.29, 1.82) is 0 Å². The van der Waals surface area contributed by atoms with Gasteiger partial charge in [0.15, 0.2) is 5.11 Å². The van der Waals surface area contributed by atoms with Crippen molar-refractivity contribution in [3.05, 3.63) is 52.1 Å². The monoisotopic (exact) mass is 470 g/mol. The summed E-state index contributed by atoms with van der Waals surface area (Å²) in [6.07, 6.45) is 8.29. The maximum Gasteiger partial charge on any atom is 0.341 e. The third kappa shape index (κ3) is 3.88. The number of pyridine rings is 1. The van der Waals surface area contributed by atoms with Gasteiger partial charge in [-0.3, -0.25) is 4.79 Å². The van der Waals surface area contributed by atoms with Crippen molar-refractivity contribution in [1.82, 2.24) is 14.8 Å². The number of aryl methyl sites for hydroxylation is 1. The van der Waals surface area contributed by atoms with Crippen molar-refractivity contribution >= 4 is 39.9 Å². The highest BCUT2D eigenvalue weighted by atomic mass is 32.1. The van der Waals surface area contributed by atoms with E-state index in [1.54, 1.807) is 10.6 Å². The molecule has 2 aliphatic carbocycles. The third-order valence-electron chi connectivity index (χ3n) is 7.22. The minimum Gasteiger partial charge on any atom is -0.477 e. The van der Waals surface area contributed by atoms with Crippen LogP contribution >= 0.6 is 12.2 Å². The molecular formula is C24H27FN4O3S. The Morgan fingerprint density at radius 3 is 2.58 bits per heavy atom. The van der Waals surface area contributed by atoms with E-state index >= 15 is 4.39 Å². The average molecular weight is 471 g/mol. The van der Waals surface area contributed by atoms with Gasteiger partial charge in [0.1, 0.15) is 11.4 Å². The lowest BCUT2D eigenvalue weighted by atomic mass is 10.0. The van der Waals surface area contributed by atoms with Crippen LogP contribution in [0.25, 0.3) is 10.9 Å². The number of aromatic nitrogens is 1. The average Bonchev–Trinajstić information content (AvgIpc) is 3.42. The summed E-state index contributed by atoms with van der Waals surface area (Å²) in [5, 5.41) is 13.7. The van der Waals surface area contributed by atoms with Gasteiger partial charge < -0.3 is 24.8 Å². The lowest BCUT2D eigenvalue weighted by molar-refractivity contribution is 0.0695. The quantitative estimate of drug-likeness (QED) is 0.526. The van der Waals surface area contributed by atoms with Crippen LogP contribution in [-0.4, -0.2) is 57.9 Å². The van der Waals surface area contributed by atoms with Gasteiger partial charge in [0.05, 0.1) is 11.2 Å². The van der Waals surface area contributed by atoms with Crippen molar-refractivity contribution in [3.63, 3.8) is 0 Å². The van der Waals surface area contributed by atoms with Gasteiger partial charge in [-0.15, -0.1) is 0 Å². The number of fused-ring (bicyclic) bond motifs is 3. The summed E-state index contributed by atoms with van der Waals surface area (Å²) in [6, 6.07) is 3.24. The van der Waals surface area contributed by atoms with Crippen LogP contribution in [0.3, 0.4) is 0 Å². The smallest absolute Gasteiger partial charge is 0.341 e. The van der Waals surface area contributed by atoms with E-state index in [0.717, 1.165) is 11.5 Å². The molecule has 1 saturated carbocycles. The molecule has 2 aromatic rings. The molecule has 5 rings (SSSR count). The highest BCUT2D eigenvalue weighted by molar-refractivity contribution is 7.80. The molecule has 2 bridgehead atoms. The molecule has 174 valence electrons. The molecule has 33 heavy (non-hydrogen) atoms. The summed E-state index contributed by atoms with van der Waals surface area (Å²) in [5.74, 6) is -0.586. The van der Waals surface area contributed by atoms with E-state index in [9.17, 15) is 14.7 Å². The van der Waals surface area contributed by atoms with Gasteiger partial charge in [-0.2, -0.15) is 0 Å². The second-order valence-electron chi connectivity index (χ2n) is 9.09. The number of nitrogens with zero attached hydrogens (tertiary/aromatic N) is 3. The Kier molecular flexibility index (Phi) is 5.60. The van der Waals surface area contributed by atoms with E-state index in [2.05, 4.69) is 22.4 Å². The molecule has 2 fully saturated rings. The van der Waals surface area contributed by atoms with Crippen LogP contribution in [0.2, 0.25) is 0 Å². The van der Waals surface area contributed by atoms with Gasteiger partial charge in [-0.25, -0.2) is 9.18 Å². The molecule has 9 heteroatoms. The number of allylic oxidation sites excluding steroid dienone is 1. The summed E-state index contributed by atoms with van der Waals surface area (Å²) in [6.45, 7) is 4.89. The van der Waals surface area contributed by atoms with Crippen LogP contribution in [0.4, 0.5) is 10.1 Å². The number of rotatable bonds is 4. The van der Waals surface area contributed by atoms with Gasteiger partial charge in [-0.05, 0) is 56.0 Å². The molecule has 3 aliphatic rings. The Labute approximate surface area is 196 Å². The molecule has 3 atom stereocenters. The first-order valence-electron chi connectivity index (χ1n) is 11.4. The van der Waals surface area contributed by atoms with Crippen LogP contribution in [-0.2, 0) is 6.54 Å². The van der Waals surface area contributed by atoms with Gasteiger partial charge in [0.25, 0.3) is 0 Å². The standard InChI is InChI=1S/C24H27FN4O3S/c1-2-27-13-17(23(31)32)22(30)16-11-18(25)21(12-20(16)27)28-5-7-29(8-6-28)24(33)26-19-10-14-3-4-15(19)9-14/h3-4,11-15,19H,2,5-10H2,1H3,(H,26,33)(H,31,32)/t14-,15+,19-/m0/s1. The minimum atomic E-state index is -1.31. The first-order valence-corrected chi connectivity index (χ1v) is 11.8. The van der Waals surface area contributed by atoms with Crippen molar-refractivity contribution in [3.8, 4) is 0 Å². The molecule has 0 spiro atoms. The van der Waals surface area contributed by atoms with E-state index in [-0.39, 0.29) is 10.9 Å². The number of hydrogen-bond donors (Lipinski definition) is 2. The maximum absolute atomic E-state index is 15.1. The summed E-state index contributed by atoms with van der Waals surface area (Å²) < 4.78 is 16.8. The molecule has 0 radical (unpaired) electrons. The van der Waals surface area contributed by atoms with Crippen molar-refractivity contribution < 1.29 is 14.3 Å². The van der Waals surface area contributed by atoms with E-state index in [1.165, 1.54) is 18.7 Å². The van der Waals surface area contributed by atoms with Crippen molar-refractivity contribution in [2.24, 2.45) is 11.8 Å². The zero-order chi connectivity index (χ0) is 23.3. The number of benzene rings is 1. The van der Waals surface area contributed by atoms with E-state index in [1.807, 2.05) is 11.8 Å². The van der Waals surface area contributed by atoms with Gasteiger partial charge in [0.2, 0.25) is 5.43 Å². The number of carbonyl (C=O) groups is 1. The van der Waals surface area contributed by atoms with Crippen LogP contribution in [0.15, 0.2) is 35.3 Å². The molecule has 1 aromatic carbocycles. The van der Waals surface area contributed by atoms with Crippen LogP contribution < -0.4 is 15.6 Å². The molecule has 2 N–H and O–H groups in total. The lowest BCUT2D eigenvalue weighted by Gasteiger charge is -2.38. The van der Waals surface area contributed by atoms with Crippen LogP contribution in [0, 0.1) is 17.7 Å². The van der Waals surface area contributed by atoms with Crippen LogP contribution in [0.1, 0.15) is 30.1 Å². The SMILES string of the molecule is CCn1cc(C(=O)O)c(=O)c2cc(F)c(N3CCN(C(=S)N[C@H]4C[C@H]5C=C[C@@H]4C5)CC3)cc21. The molecule has 1 aliphatic heterocycles. The number of hydrogen-bond acceptors (Lipinski definition) is 4. The Morgan fingerprint density at radius 1 is 1.21 bits per heavy atom. The van der Waals surface area contributed by atoms with Gasteiger partial charge in [-0.1, -0.05) is 12.2 Å². The summed E-state index contributed by atoms with van der Waals surface area (Å²) >= 11 is 5.66. The number of piperazine rings is 1. The third-order valence-corrected chi connectivity index (χ3v) is 7.59. The van der Waals surface area contributed by atoms with E-state index in [0.29, 0.717) is 61.8 Å². The molecule has 0 amide bonds. The summed E-state index contributed by atoms with van der Waals surface area (Å²) in [4.78, 5) is 28.1. The van der Waals surface area contributed by atoms with Gasteiger partial charge >= 0.3 is 5.97 Å². The number of thiocarbonyl (C=S) groups is 1. The molecule has 0 unspecified atom stereocenters. The number of nitrogens with one attached hydrogen (secondary N) is 1. The fraction of sp³-hybridized carbons (Fsp3) is 0.458. The normalized spacial score (nSPS) is 24.0. The second-order valence-corrected chi connectivity index (χ2v) is 9.48. The summed E-state index contributed by atoms with van der Waals surface area (Å²) in [5.41, 5.74) is -0.0572. The zero-order valence-electron chi connectivity index (χ0n) is 18.5. The fourth-order valence-corrected chi connectivity index (χ4v) is 5.74. The van der Waals surface area contributed by atoms with Crippen molar-refractivity contribution in [2.45, 2.75) is 32.4 Å². The number of anilines is 1. The molecule has 2 heterocycles. The highest BCUT2D eigenvalue weighted by Gasteiger charge is 2.36. The Balaban J connectivity index is 1.33. The Morgan fingerprint density at radius 2 is 1.97 bits per heavy atom. The lowest BCUT2D eigenvalue weighted by Crippen LogP contribution is -2.54. The maximum atomic E-state index is 15.1. The number of carboxylic acid groups (broad SMARTS) is 1. The van der Waals surface area contributed by atoms with Crippen molar-refractivity contribution in [2.75, 3.05) is 31.1 Å². The highest BCUT2D eigenvalue weighted by Crippen LogP contribution is 2.39. The summed E-state index contributed by atoms with van der Waals surface area (Å²) in [7, 11) is 0. The first kappa shape index (κ1) is 21.9. The number of carboxylic acids is 1. The molecular weight excluding hydrogens is 443 g/mol. The molecule has 1 saturated heterocycles. The Bertz CT molecular complexity index is 1220. The predicted octanol–water partition coefficient (Wildman–Crippen LogP) is 2.82. The molecule has 1 aromatic heterocycles. The first-order chi connectivity index (χ1) is 15.9. The second kappa shape index (κ2) is 8.44. The van der Waals surface area contributed by atoms with Crippen LogP contribution in [0.5, 0.6) is 0 Å². The largest absolute Gasteiger partial charge is 0.477 e. The molecule has 7 nitrogen and oxygen atoms in total. The minimum absolute atomic E-state index is 0.0851. The number of aromatic carboxylic acids is 1. The van der Waals surface area contributed by atoms with E-state index < -0.39 is 17.2 Å².